The molecule has 2 heterocycles. The Morgan fingerprint density at radius 1 is 1.20 bits per heavy atom. The topological polar surface area (TPSA) is 67.9 Å². The van der Waals surface area contributed by atoms with Crippen molar-refractivity contribution in [1.82, 2.24) is 10.2 Å². The molecule has 0 atom stereocenters. The summed E-state index contributed by atoms with van der Waals surface area (Å²) in [5.74, 6) is 0.0143. The SMILES string of the molecule is COC(=O)C=Cc1ccc2c(c1)C(=O)NC1(CCN(CCc3ccccc3)CC1)O2. The van der Waals surface area contributed by atoms with E-state index in [0.717, 1.165) is 44.5 Å². The van der Waals surface area contributed by atoms with Gasteiger partial charge < -0.3 is 19.7 Å². The standard InChI is InChI=1S/C24H26N2O4/c1-29-22(27)10-8-19-7-9-21-20(17-19)23(28)25-24(30-21)12-15-26(16-13-24)14-11-18-5-3-2-4-6-18/h2-10,17H,11-16H2,1H3,(H,25,28). The van der Waals surface area contributed by atoms with Crippen molar-refractivity contribution in [3.8, 4) is 5.75 Å². The van der Waals surface area contributed by atoms with Crippen LogP contribution in [0.1, 0.15) is 34.3 Å². The Morgan fingerprint density at radius 2 is 1.97 bits per heavy atom. The van der Waals surface area contributed by atoms with Crippen LogP contribution in [-0.2, 0) is 16.0 Å². The van der Waals surface area contributed by atoms with Crippen LogP contribution in [0.25, 0.3) is 6.08 Å². The van der Waals surface area contributed by atoms with E-state index in [2.05, 4.69) is 39.2 Å². The molecule has 2 aliphatic heterocycles. The van der Waals surface area contributed by atoms with Crippen molar-refractivity contribution in [3.63, 3.8) is 0 Å². The van der Waals surface area contributed by atoms with Gasteiger partial charge in [0.05, 0.1) is 12.7 Å². The maximum Gasteiger partial charge on any atom is 0.330 e. The first-order valence-electron chi connectivity index (χ1n) is 10.2. The molecule has 30 heavy (non-hydrogen) atoms. The normalized spacial score (nSPS) is 18.0. The smallest absolute Gasteiger partial charge is 0.330 e. The van der Waals surface area contributed by atoms with E-state index in [1.807, 2.05) is 12.1 Å². The van der Waals surface area contributed by atoms with Crippen LogP contribution >= 0.6 is 0 Å². The summed E-state index contributed by atoms with van der Waals surface area (Å²) < 4.78 is 10.9. The second-order valence-corrected chi connectivity index (χ2v) is 7.74. The van der Waals surface area contributed by atoms with E-state index in [-0.39, 0.29) is 5.91 Å². The number of likely N-dealkylation sites (tertiary alicyclic amines) is 1. The number of amides is 1. The highest BCUT2D eigenvalue weighted by Gasteiger charge is 2.42. The lowest BCUT2D eigenvalue weighted by atomic mass is 9.96. The molecule has 0 aromatic heterocycles. The summed E-state index contributed by atoms with van der Waals surface area (Å²) in [4.78, 5) is 26.5. The van der Waals surface area contributed by atoms with Gasteiger partial charge in [0.2, 0.25) is 0 Å². The number of fused-ring (bicyclic) bond motifs is 1. The first kappa shape index (κ1) is 20.2. The van der Waals surface area contributed by atoms with Gasteiger partial charge >= 0.3 is 5.97 Å². The minimum atomic E-state index is -0.642. The van der Waals surface area contributed by atoms with E-state index in [1.165, 1.54) is 18.7 Å². The van der Waals surface area contributed by atoms with Crippen molar-refractivity contribution in [1.29, 1.82) is 0 Å². The Kier molecular flexibility index (Phi) is 5.86. The number of esters is 1. The van der Waals surface area contributed by atoms with Gasteiger partial charge in [-0.05, 0) is 35.8 Å². The van der Waals surface area contributed by atoms with Crippen LogP contribution in [0.2, 0.25) is 0 Å². The third kappa shape index (κ3) is 4.54. The summed E-state index contributed by atoms with van der Waals surface area (Å²) >= 11 is 0. The molecule has 0 aliphatic carbocycles. The molecule has 1 amide bonds. The number of benzene rings is 2. The molecule has 4 rings (SSSR count). The molecule has 1 saturated heterocycles. The fourth-order valence-electron chi connectivity index (χ4n) is 3.96. The van der Waals surface area contributed by atoms with Gasteiger partial charge in [-0.15, -0.1) is 0 Å². The highest BCUT2D eigenvalue weighted by Crippen LogP contribution is 2.34. The van der Waals surface area contributed by atoms with Crippen LogP contribution in [0.3, 0.4) is 0 Å². The second-order valence-electron chi connectivity index (χ2n) is 7.74. The number of carbonyl (C=O) groups is 2. The molecule has 0 radical (unpaired) electrons. The van der Waals surface area contributed by atoms with Crippen LogP contribution < -0.4 is 10.1 Å². The number of ether oxygens (including phenoxy) is 2. The predicted octanol–water partition coefficient (Wildman–Crippen LogP) is 3.03. The average Bonchev–Trinajstić information content (AvgIpc) is 2.78. The molecular weight excluding hydrogens is 380 g/mol. The molecule has 0 saturated carbocycles. The van der Waals surface area contributed by atoms with Crippen molar-refractivity contribution >= 4 is 18.0 Å². The number of methoxy groups -OCH3 is 1. The lowest BCUT2D eigenvalue weighted by molar-refractivity contribution is -0.134. The molecule has 0 unspecified atom stereocenters. The zero-order valence-electron chi connectivity index (χ0n) is 17.1. The van der Waals surface area contributed by atoms with Crippen molar-refractivity contribution in [2.75, 3.05) is 26.7 Å². The molecule has 6 heteroatoms. The van der Waals surface area contributed by atoms with E-state index in [4.69, 9.17) is 4.74 Å². The van der Waals surface area contributed by atoms with Gasteiger partial charge in [-0.2, -0.15) is 0 Å². The minimum Gasteiger partial charge on any atom is -0.467 e. The van der Waals surface area contributed by atoms with E-state index >= 15 is 0 Å². The van der Waals surface area contributed by atoms with Crippen LogP contribution in [0.15, 0.2) is 54.6 Å². The van der Waals surface area contributed by atoms with Gasteiger partial charge in [-0.25, -0.2) is 4.79 Å². The highest BCUT2D eigenvalue weighted by molar-refractivity contribution is 5.99. The summed E-state index contributed by atoms with van der Waals surface area (Å²) in [5.41, 5.74) is 1.92. The molecule has 2 aliphatic rings. The van der Waals surface area contributed by atoms with Crippen LogP contribution in [0, 0.1) is 0 Å². The number of rotatable bonds is 5. The number of piperidine rings is 1. The van der Waals surface area contributed by atoms with Crippen LogP contribution in [-0.4, -0.2) is 49.2 Å². The van der Waals surface area contributed by atoms with Gasteiger partial charge in [0.1, 0.15) is 5.75 Å². The molecule has 2 aromatic carbocycles. The quantitative estimate of drug-likeness (QED) is 0.611. The maximum absolute atomic E-state index is 12.8. The maximum atomic E-state index is 12.8. The monoisotopic (exact) mass is 406 g/mol. The molecule has 156 valence electrons. The fourth-order valence-corrected chi connectivity index (χ4v) is 3.96. The highest BCUT2D eigenvalue weighted by atomic mass is 16.5. The van der Waals surface area contributed by atoms with Crippen molar-refractivity contribution in [2.24, 2.45) is 0 Å². The number of nitrogens with zero attached hydrogens (tertiary/aromatic N) is 1. The number of carbonyl (C=O) groups excluding carboxylic acids is 2. The van der Waals surface area contributed by atoms with Crippen molar-refractivity contribution < 1.29 is 19.1 Å². The van der Waals surface area contributed by atoms with E-state index in [0.29, 0.717) is 11.3 Å². The summed E-state index contributed by atoms with van der Waals surface area (Å²) in [7, 11) is 1.33. The summed E-state index contributed by atoms with van der Waals surface area (Å²) in [6, 6.07) is 15.8. The number of nitrogens with one attached hydrogen (secondary N) is 1. The summed E-state index contributed by atoms with van der Waals surface area (Å²) in [6.07, 6.45) is 5.46. The minimum absolute atomic E-state index is 0.137. The Balaban J connectivity index is 1.38. The Morgan fingerprint density at radius 3 is 2.70 bits per heavy atom. The Hall–Kier alpha value is -3.12. The van der Waals surface area contributed by atoms with Crippen molar-refractivity contribution in [2.45, 2.75) is 25.0 Å². The first-order chi connectivity index (χ1) is 14.6. The van der Waals surface area contributed by atoms with Crippen LogP contribution in [0.5, 0.6) is 5.75 Å². The zero-order chi connectivity index (χ0) is 21.0. The van der Waals surface area contributed by atoms with Gasteiger partial charge in [-0.3, -0.25) is 4.79 Å². The number of hydrogen-bond acceptors (Lipinski definition) is 5. The van der Waals surface area contributed by atoms with Crippen LogP contribution in [0.4, 0.5) is 0 Å². The van der Waals surface area contributed by atoms with Crippen molar-refractivity contribution in [3.05, 3.63) is 71.3 Å². The van der Waals surface area contributed by atoms with E-state index < -0.39 is 11.7 Å². The molecule has 2 aromatic rings. The molecule has 6 nitrogen and oxygen atoms in total. The molecule has 1 fully saturated rings. The lowest BCUT2D eigenvalue weighted by Gasteiger charge is -2.44. The van der Waals surface area contributed by atoms with Gasteiger partial charge in [0, 0.05) is 38.6 Å². The molecule has 0 bridgehead atoms. The lowest BCUT2D eigenvalue weighted by Crippen LogP contribution is -2.61. The number of hydrogen-bond donors (Lipinski definition) is 1. The fraction of sp³-hybridized carbons (Fsp3) is 0.333. The molecular formula is C24H26N2O4. The largest absolute Gasteiger partial charge is 0.467 e. The zero-order valence-corrected chi connectivity index (χ0v) is 17.1. The third-order valence-corrected chi connectivity index (χ3v) is 5.73. The van der Waals surface area contributed by atoms with Gasteiger partial charge in [-0.1, -0.05) is 36.4 Å². The Labute approximate surface area is 176 Å². The summed E-state index contributed by atoms with van der Waals surface area (Å²) in [6.45, 7) is 2.76. The van der Waals surface area contributed by atoms with E-state index in [1.54, 1.807) is 18.2 Å². The Bertz CT molecular complexity index is 947. The molecule has 1 N–H and O–H groups in total. The van der Waals surface area contributed by atoms with Gasteiger partial charge in [0.25, 0.3) is 5.91 Å². The first-order valence-corrected chi connectivity index (χ1v) is 10.2. The molecule has 1 spiro atoms. The second kappa shape index (κ2) is 8.71. The van der Waals surface area contributed by atoms with E-state index in [9.17, 15) is 9.59 Å². The third-order valence-electron chi connectivity index (χ3n) is 5.73. The summed E-state index contributed by atoms with van der Waals surface area (Å²) in [5, 5.41) is 3.08. The average molecular weight is 406 g/mol. The predicted molar refractivity (Wildman–Crippen MR) is 114 cm³/mol. The van der Waals surface area contributed by atoms with Gasteiger partial charge in [0.15, 0.2) is 5.72 Å².